The van der Waals surface area contributed by atoms with Crippen LogP contribution in [0, 0.1) is 13.8 Å². The highest BCUT2D eigenvalue weighted by Crippen LogP contribution is 2.28. The largest absolute Gasteiger partial charge is 0.350 e. The number of rotatable bonds is 7. The van der Waals surface area contributed by atoms with Crippen LogP contribution in [0.5, 0.6) is 0 Å². The minimum absolute atomic E-state index is 0.190. The van der Waals surface area contributed by atoms with Gasteiger partial charge in [0.25, 0.3) is 0 Å². The molecule has 0 saturated heterocycles. The molecule has 3 rings (SSSR count). The molecule has 0 radical (unpaired) electrons. The molecule has 1 atom stereocenters. The van der Waals surface area contributed by atoms with E-state index < -0.39 is 6.04 Å². The van der Waals surface area contributed by atoms with E-state index in [0.29, 0.717) is 6.54 Å². The van der Waals surface area contributed by atoms with Crippen LogP contribution in [-0.4, -0.2) is 22.8 Å². The number of hydrogen-bond donors (Lipinski definition) is 2. The lowest BCUT2D eigenvalue weighted by molar-refractivity contribution is -0.128. The lowest BCUT2D eigenvalue weighted by Crippen LogP contribution is -2.45. The Kier molecular flexibility index (Phi) is 6.77. The van der Waals surface area contributed by atoms with Crippen molar-refractivity contribution in [2.24, 2.45) is 0 Å². The van der Waals surface area contributed by atoms with Crippen molar-refractivity contribution >= 4 is 23.2 Å². The first kappa shape index (κ1) is 20.7. The maximum Gasteiger partial charge on any atom is 0.242 e. The molecule has 0 fully saturated rings. The van der Waals surface area contributed by atoms with E-state index in [0.717, 1.165) is 26.7 Å². The van der Waals surface area contributed by atoms with Crippen molar-refractivity contribution in [2.45, 2.75) is 39.8 Å². The van der Waals surface area contributed by atoms with Gasteiger partial charge >= 0.3 is 0 Å². The summed E-state index contributed by atoms with van der Waals surface area (Å²) in [5, 5.41) is 6.55. The second-order valence-electron chi connectivity index (χ2n) is 7.04. The van der Waals surface area contributed by atoms with Gasteiger partial charge in [0.2, 0.25) is 11.8 Å². The Morgan fingerprint density at radius 2 is 1.72 bits per heavy atom. The molecule has 0 aliphatic rings. The molecule has 1 unspecified atom stereocenters. The van der Waals surface area contributed by atoms with Crippen molar-refractivity contribution in [3.05, 3.63) is 75.6 Å². The fraction of sp³-hybridized carbons (Fsp3) is 0.261. The predicted molar refractivity (Wildman–Crippen MR) is 117 cm³/mol. The lowest BCUT2D eigenvalue weighted by atomic mass is 10.1. The van der Waals surface area contributed by atoms with E-state index in [-0.39, 0.29) is 18.2 Å². The lowest BCUT2D eigenvalue weighted by Gasteiger charge is -2.14. The topological polar surface area (TPSA) is 71.1 Å². The van der Waals surface area contributed by atoms with Gasteiger partial charge in [-0.2, -0.15) is 0 Å². The Morgan fingerprint density at radius 1 is 1.03 bits per heavy atom. The van der Waals surface area contributed by atoms with Gasteiger partial charge in [0, 0.05) is 17.0 Å². The summed E-state index contributed by atoms with van der Waals surface area (Å²) in [7, 11) is 0. The average molecular weight is 408 g/mol. The summed E-state index contributed by atoms with van der Waals surface area (Å²) < 4.78 is 0. The Bertz CT molecular complexity index is 981. The Labute approximate surface area is 175 Å². The van der Waals surface area contributed by atoms with Crippen molar-refractivity contribution in [2.75, 3.05) is 0 Å². The zero-order valence-corrected chi connectivity index (χ0v) is 17.7. The van der Waals surface area contributed by atoms with Crippen molar-refractivity contribution in [1.29, 1.82) is 0 Å². The van der Waals surface area contributed by atoms with Crippen molar-refractivity contribution in [1.82, 2.24) is 15.6 Å². The number of aromatic nitrogens is 1. The molecule has 5 nitrogen and oxygen atoms in total. The van der Waals surface area contributed by atoms with E-state index in [4.69, 9.17) is 0 Å². The van der Waals surface area contributed by atoms with Gasteiger partial charge in [-0.05, 0) is 26.3 Å². The molecular formula is C23H25N3O2S. The highest BCUT2D eigenvalue weighted by atomic mass is 32.1. The van der Waals surface area contributed by atoms with Gasteiger partial charge in [-0.1, -0.05) is 60.2 Å². The Balaban J connectivity index is 1.59. The highest BCUT2D eigenvalue weighted by Gasteiger charge is 2.19. The molecular weight excluding hydrogens is 382 g/mol. The van der Waals surface area contributed by atoms with E-state index in [2.05, 4.69) is 15.6 Å². The molecule has 2 aromatic carbocycles. The summed E-state index contributed by atoms with van der Waals surface area (Å²) in [4.78, 5) is 30.3. The van der Waals surface area contributed by atoms with Gasteiger partial charge in [0.1, 0.15) is 6.04 Å². The van der Waals surface area contributed by atoms with Crippen LogP contribution in [0.1, 0.15) is 27.9 Å². The molecule has 2 N–H and O–H groups in total. The minimum Gasteiger partial charge on any atom is -0.350 e. The molecule has 29 heavy (non-hydrogen) atoms. The zero-order chi connectivity index (χ0) is 20.8. The Hall–Kier alpha value is -2.99. The number of nitrogens with one attached hydrogen (secondary N) is 2. The molecule has 1 aromatic heterocycles. The van der Waals surface area contributed by atoms with Crippen molar-refractivity contribution in [3.8, 4) is 11.3 Å². The van der Waals surface area contributed by atoms with Gasteiger partial charge < -0.3 is 10.6 Å². The molecule has 3 aromatic rings. The third-order valence-corrected chi connectivity index (χ3v) is 5.50. The highest BCUT2D eigenvalue weighted by molar-refractivity contribution is 7.12. The third kappa shape index (κ3) is 5.74. The molecule has 150 valence electrons. The van der Waals surface area contributed by atoms with Crippen LogP contribution in [0.4, 0.5) is 0 Å². The molecule has 1 heterocycles. The average Bonchev–Trinajstić information content (AvgIpc) is 3.07. The van der Waals surface area contributed by atoms with Crippen LogP contribution in [-0.2, 0) is 22.6 Å². The summed E-state index contributed by atoms with van der Waals surface area (Å²) in [5.74, 6) is -0.397. The molecule has 0 saturated carbocycles. The molecule has 0 spiro atoms. The van der Waals surface area contributed by atoms with E-state index in [1.54, 1.807) is 6.92 Å². The number of aryl methyl sites for hydroxylation is 2. The van der Waals surface area contributed by atoms with Crippen LogP contribution in [0.3, 0.4) is 0 Å². The Morgan fingerprint density at radius 3 is 2.41 bits per heavy atom. The van der Waals surface area contributed by atoms with Crippen LogP contribution < -0.4 is 10.6 Å². The van der Waals surface area contributed by atoms with Gasteiger partial charge in [0.15, 0.2) is 0 Å². The van der Waals surface area contributed by atoms with E-state index in [1.807, 2.05) is 68.4 Å². The maximum atomic E-state index is 12.5. The number of carbonyl (C=O) groups is 2. The number of amides is 2. The predicted octanol–water partition coefficient (Wildman–Crippen LogP) is 3.79. The summed E-state index contributed by atoms with van der Waals surface area (Å²) in [6, 6.07) is 17.2. The monoisotopic (exact) mass is 407 g/mol. The molecule has 6 heteroatoms. The second kappa shape index (κ2) is 9.47. The number of benzene rings is 2. The first-order valence-electron chi connectivity index (χ1n) is 9.56. The van der Waals surface area contributed by atoms with E-state index in [9.17, 15) is 9.59 Å². The van der Waals surface area contributed by atoms with E-state index in [1.165, 1.54) is 16.9 Å². The number of nitrogens with zero attached hydrogens (tertiary/aromatic N) is 1. The summed E-state index contributed by atoms with van der Waals surface area (Å²) >= 11 is 1.51. The second-order valence-corrected chi connectivity index (χ2v) is 8.33. The third-order valence-electron chi connectivity index (χ3n) is 4.53. The van der Waals surface area contributed by atoms with Crippen LogP contribution in [0.15, 0.2) is 54.6 Å². The zero-order valence-electron chi connectivity index (χ0n) is 16.9. The first-order valence-corrected chi connectivity index (χ1v) is 10.4. The van der Waals surface area contributed by atoms with E-state index >= 15 is 0 Å². The molecule has 0 aliphatic carbocycles. The molecule has 0 bridgehead atoms. The van der Waals surface area contributed by atoms with Crippen LogP contribution in [0.25, 0.3) is 11.3 Å². The maximum absolute atomic E-state index is 12.5. The number of carbonyl (C=O) groups excluding carboxylic acids is 2. The minimum atomic E-state index is -0.608. The smallest absolute Gasteiger partial charge is 0.242 e. The number of hydrogen-bond acceptors (Lipinski definition) is 4. The normalized spacial score (nSPS) is 11.7. The number of thiazole rings is 1. The summed E-state index contributed by atoms with van der Waals surface area (Å²) in [5.41, 5.74) is 4.03. The fourth-order valence-electron chi connectivity index (χ4n) is 2.97. The van der Waals surface area contributed by atoms with Gasteiger partial charge in [-0.25, -0.2) is 4.98 Å². The first-order chi connectivity index (χ1) is 13.9. The van der Waals surface area contributed by atoms with Crippen molar-refractivity contribution in [3.63, 3.8) is 0 Å². The standard InChI is InChI=1S/C23H25N3O2S/c1-15-9-11-19(12-10-15)22-20(29-17(3)26-22)13-21(27)25-16(2)23(28)24-14-18-7-5-4-6-8-18/h4-12,16H,13-14H2,1-3H3,(H,24,28)(H,25,27). The SMILES string of the molecule is Cc1ccc(-c2nc(C)sc2CC(=O)NC(C)C(=O)NCc2ccccc2)cc1. The van der Waals surface area contributed by atoms with Gasteiger partial charge in [-0.3, -0.25) is 9.59 Å². The summed E-state index contributed by atoms with van der Waals surface area (Å²) in [6.07, 6.45) is 0.199. The summed E-state index contributed by atoms with van der Waals surface area (Å²) in [6.45, 7) is 6.10. The molecule has 0 aliphatic heterocycles. The van der Waals surface area contributed by atoms with Crippen LogP contribution >= 0.6 is 11.3 Å². The molecule has 2 amide bonds. The fourth-order valence-corrected chi connectivity index (χ4v) is 3.93. The van der Waals surface area contributed by atoms with Crippen molar-refractivity contribution < 1.29 is 9.59 Å². The van der Waals surface area contributed by atoms with Crippen LogP contribution in [0.2, 0.25) is 0 Å². The quantitative estimate of drug-likeness (QED) is 0.626. The van der Waals surface area contributed by atoms with Gasteiger partial charge in [0.05, 0.1) is 17.1 Å². The van der Waals surface area contributed by atoms with Gasteiger partial charge in [-0.15, -0.1) is 11.3 Å².